The van der Waals surface area contributed by atoms with Crippen LogP contribution in [0.15, 0.2) is 36.8 Å². The number of nitrogens with one attached hydrogen (secondary N) is 3. The van der Waals surface area contributed by atoms with Gasteiger partial charge in [0.05, 0.1) is 19.9 Å². The van der Waals surface area contributed by atoms with Crippen molar-refractivity contribution < 1.29 is 19.1 Å². The van der Waals surface area contributed by atoms with Crippen molar-refractivity contribution >= 4 is 59.1 Å². The number of carbonyl (C=O) groups excluding carboxylic acids is 3. The topological polar surface area (TPSA) is 116 Å². The zero-order valence-electron chi connectivity index (χ0n) is 21.3. The van der Waals surface area contributed by atoms with Crippen LogP contribution in [0.5, 0.6) is 0 Å². The van der Waals surface area contributed by atoms with E-state index in [9.17, 15) is 14.4 Å². The molecule has 0 aliphatic rings. The number of nitrogens with zero attached hydrogens (tertiary/aromatic N) is 2. The number of anilines is 1. The van der Waals surface area contributed by atoms with Crippen molar-refractivity contribution in [1.29, 1.82) is 0 Å². The fourth-order valence-corrected chi connectivity index (χ4v) is 4.16. The van der Waals surface area contributed by atoms with Gasteiger partial charge in [-0.15, -0.1) is 35.6 Å². The third-order valence-electron chi connectivity index (χ3n) is 5.51. The van der Waals surface area contributed by atoms with Gasteiger partial charge in [-0.05, 0) is 30.0 Å². The van der Waals surface area contributed by atoms with Gasteiger partial charge in [0, 0.05) is 48.8 Å². The van der Waals surface area contributed by atoms with Gasteiger partial charge < -0.3 is 25.3 Å². The van der Waals surface area contributed by atoms with Gasteiger partial charge in [-0.3, -0.25) is 9.59 Å². The van der Waals surface area contributed by atoms with Crippen LogP contribution in [0.4, 0.5) is 5.69 Å². The highest BCUT2D eigenvalue weighted by Crippen LogP contribution is 2.16. The summed E-state index contributed by atoms with van der Waals surface area (Å²) in [5.41, 5.74) is 2.44. The predicted molar refractivity (Wildman–Crippen MR) is 149 cm³/mol. The minimum absolute atomic E-state index is 0. The molecule has 0 radical (unpaired) electrons. The molecular formula is C25H36Cl3N5O4. The molecule has 0 bridgehead atoms. The number of imidazole rings is 1. The molecule has 2 amide bonds. The number of amides is 2. The summed E-state index contributed by atoms with van der Waals surface area (Å²) < 4.78 is 4.84. The summed E-state index contributed by atoms with van der Waals surface area (Å²) in [5.74, 6) is -0.200. The molecule has 206 valence electrons. The van der Waals surface area contributed by atoms with Crippen LogP contribution in [0, 0.1) is 5.92 Å². The highest BCUT2D eigenvalue weighted by Gasteiger charge is 2.28. The van der Waals surface area contributed by atoms with Gasteiger partial charge in [0.25, 0.3) is 0 Å². The molecule has 3 N–H and O–H groups in total. The van der Waals surface area contributed by atoms with Crippen LogP contribution in [0.3, 0.4) is 0 Å². The van der Waals surface area contributed by atoms with E-state index in [-0.39, 0.29) is 37.1 Å². The summed E-state index contributed by atoms with van der Waals surface area (Å²) >= 11 is 11.8. The Morgan fingerprint density at radius 3 is 2.22 bits per heavy atom. The Morgan fingerprint density at radius 2 is 1.70 bits per heavy atom. The van der Waals surface area contributed by atoms with Gasteiger partial charge in [0.15, 0.2) is 0 Å². The Morgan fingerprint density at radius 1 is 1.05 bits per heavy atom. The third-order valence-corrected chi connectivity index (χ3v) is 5.85. The minimum Gasteiger partial charge on any atom is -0.467 e. The van der Waals surface area contributed by atoms with E-state index in [4.69, 9.17) is 27.9 Å². The maximum absolute atomic E-state index is 13.1. The molecule has 0 saturated carbocycles. The van der Waals surface area contributed by atoms with E-state index >= 15 is 0 Å². The van der Waals surface area contributed by atoms with E-state index in [0.29, 0.717) is 37.0 Å². The molecule has 37 heavy (non-hydrogen) atoms. The van der Waals surface area contributed by atoms with E-state index in [1.807, 2.05) is 38.1 Å². The molecule has 0 spiro atoms. The summed E-state index contributed by atoms with van der Waals surface area (Å²) in [5, 5.41) is 5.54. The third kappa shape index (κ3) is 11.2. The minimum atomic E-state index is -0.903. The lowest BCUT2D eigenvalue weighted by atomic mass is 10.0. The van der Waals surface area contributed by atoms with Crippen LogP contribution in [0.25, 0.3) is 0 Å². The molecule has 2 rings (SSSR count). The molecule has 9 nitrogen and oxygen atoms in total. The van der Waals surface area contributed by atoms with Gasteiger partial charge in [0.2, 0.25) is 11.8 Å². The van der Waals surface area contributed by atoms with Gasteiger partial charge in [-0.2, -0.15) is 0 Å². The van der Waals surface area contributed by atoms with Crippen LogP contribution >= 0.6 is 35.6 Å². The number of aromatic nitrogens is 2. The molecule has 12 heteroatoms. The van der Waals surface area contributed by atoms with E-state index in [2.05, 4.69) is 25.5 Å². The molecule has 1 aromatic carbocycles. The lowest BCUT2D eigenvalue weighted by Crippen LogP contribution is -2.53. The summed E-state index contributed by atoms with van der Waals surface area (Å²) in [6.45, 7) is 5.23. The van der Waals surface area contributed by atoms with Crippen molar-refractivity contribution in [2.24, 2.45) is 5.92 Å². The number of alkyl halides is 2. The Bertz CT molecular complexity index is 952. The zero-order chi connectivity index (χ0) is 26.5. The second-order valence-electron chi connectivity index (χ2n) is 8.82. The second-order valence-corrected chi connectivity index (χ2v) is 9.58. The second kappa shape index (κ2) is 17.1. The molecule has 1 heterocycles. The number of halogens is 3. The molecule has 0 aliphatic heterocycles. The van der Waals surface area contributed by atoms with Crippen LogP contribution in [0.2, 0.25) is 0 Å². The first-order chi connectivity index (χ1) is 17.3. The van der Waals surface area contributed by atoms with E-state index in [1.54, 1.807) is 6.20 Å². The number of ether oxygens (including phenoxy) is 1. The number of benzene rings is 1. The number of esters is 1. The Balaban J connectivity index is 0.00000684. The maximum atomic E-state index is 13.1. The SMILES string of the molecule is COC(=O)[C@H](CC(C)C)NC(=O)[C@H](Cc1cnc[nH]1)NC(=O)Cc1ccc(N(CCCl)CCCl)cc1.Cl. The maximum Gasteiger partial charge on any atom is 0.328 e. The number of aromatic amines is 1. The summed E-state index contributed by atoms with van der Waals surface area (Å²) in [7, 11) is 1.28. The summed E-state index contributed by atoms with van der Waals surface area (Å²) in [4.78, 5) is 47.2. The van der Waals surface area contributed by atoms with E-state index < -0.39 is 24.0 Å². The predicted octanol–water partition coefficient (Wildman–Crippen LogP) is 3.09. The molecule has 0 aliphatic carbocycles. The molecule has 1 aromatic heterocycles. The van der Waals surface area contributed by atoms with Gasteiger partial charge >= 0.3 is 5.97 Å². The van der Waals surface area contributed by atoms with Gasteiger partial charge in [-0.1, -0.05) is 26.0 Å². The number of H-pyrrole nitrogens is 1. The monoisotopic (exact) mass is 575 g/mol. The average Bonchev–Trinajstić information content (AvgIpc) is 3.36. The number of carbonyl (C=O) groups is 3. The first kappa shape index (κ1) is 32.5. The molecule has 0 saturated heterocycles. The quantitative estimate of drug-likeness (QED) is 0.222. The average molecular weight is 577 g/mol. The van der Waals surface area contributed by atoms with Crippen molar-refractivity contribution in [3.63, 3.8) is 0 Å². The summed E-state index contributed by atoms with van der Waals surface area (Å²) in [6.07, 6.45) is 3.79. The fourth-order valence-electron chi connectivity index (χ4n) is 3.75. The van der Waals surface area contributed by atoms with Crippen molar-refractivity contribution in [1.82, 2.24) is 20.6 Å². The number of hydrogen-bond donors (Lipinski definition) is 3. The standard InChI is InChI=1S/C25H35Cl2N5O4.ClH/c1-17(2)12-22(25(35)36-3)31-24(34)21(14-19-15-28-16-29-19)30-23(33)13-18-4-6-20(7-5-18)32(10-8-26)11-9-27;/h4-7,15-17,21-22H,8-14H2,1-3H3,(H,28,29)(H,30,33)(H,31,34);1H/t21-,22-;/m0./s1. The lowest BCUT2D eigenvalue weighted by Gasteiger charge is -2.23. The Labute approximate surface area is 234 Å². The van der Waals surface area contributed by atoms with E-state index in [0.717, 1.165) is 11.3 Å². The van der Waals surface area contributed by atoms with Crippen LogP contribution in [-0.2, 0) is 32.0 Å². The first-order valence-electron chi connectivity index (χ1n) is 11.9. The normalized spacial score (nSPS) is 12.3. The molecule has 0 unspecified atom stereocenters. The fraction of sp³-hybridized carbons (Fsp3) is 0.520. The highest BCUT2D eigenvalue weighted by molar-refractivity contribution is 6.18. The molecular weight excluding hydrogens is 541 g/mol. The van der Waals surface area contributed by atoms with Crippen molar-refractivity contribution in [3.05, 3.63) is 48.0 Å². The molecule has 2 aromatic rings. The molecule has 0 fully saturated rings. The highest BCUT2D eigenvalue weighted by atomic mass is 35.5. The number of rotatable bonds is 15. The lowest BCUT2D eigenvalue weighted by molar-refractivity contribution is -0.145. The number of hydrogen-bond acceptors (Lipinski definition) is 6. The van der Waals surface area contributed by atoms with Gasteiger partial charge in [0.1, 0.15) is 12.1 Å². The van der Waals surface area contributed by atoms with Crippen LogP contribution in [0.1, 0.15) is 31.5 Å². The Kier molecular flexibility index (Phi) is 15.0. The molecule has 2 atom stereocenters. The summed E-state index contributed by atoms with van der Waals surface area (Å²) in [6, 6.07) is 5.86. The first-order valence-corrected chi connectivity index (χ1v) is 12.9. The van der Waals surface area contributed by atoms with Gasteiger partial charge in [-0.25, -0.2) is 9.78 Å². The van der Waals surface area contributed by atoms with Crippen molar-refractivity contribution in [2.75, 3.05) is 36.9 Å². The van der Waals surface area contributed by atoms with Crippen molar-refractivity contribution in [2.45, 2.75) is 45.2 Å². The van der Waals surface area contributed by atoms with Crippen molar-refractivity contribution in [3.8, 4) is 0 Å². The van der Waals surface area contributed by atoms with Crippen LogP contribution in [-0.4, -0.2) is 71.8 Å². The zero-order valence-corrected chi connectivity index (χ0v) is 23.7. The van der Waals surface area contributed by atoms with E-state index in [1.165, 1.54) is 13.4 Å². The largest absolute Gasteiger partial charge is 0.467 e. The Hall–Kier alpha value is -2.49. The smallest absolute Gasteiger partial charge is 0.328 e. The van der Waals surface area contributed by atoms with Crippen LogP contribution < -0.4 is 15.5 Å². The number of methoxy groups -OCH3 is 1.